The summed E-state index contributed by atoms with van der Waals surface area (Å²) in [4.78, 5) is 15.3. The molecule has 1 fully saturated rings. The van der Waals surface area contributed by atoms with Crippen molar-refractivity contribution < 1.29 is 22.7 Å². The van der Waals surface area contributed by atoms with E-state index in [0.29, 0.717) is 50.2 Å². The molecule has 10 heteroatoms. The Kier molecular flexibility index (Phi) is 9.49. The van der Waals surface area contributed by atoms with Crippen molar-refractivity contribution in [2.75, 3.05) is 53.1 Å². The van der Waals surface area contributed by atoms with Crippen molar-refractivity contribution in [2.45, 2.75) is 23.6 Å². The third-order valence-electron chi connectivity index (χ3n) is 5.20. The molecular formula is C22H31N3O5S2. The highest BCUT2D eigenvalue weighted by Gasteiger charge is 2.27. The van der Waals surface area contributed by atoms with Crippen molar-refractivity contribution in [3.8, 4) is 0 Å². The predicted molar refractivity (Wildman–Crippen MR) is 124 cm³/mol. The lowest BCUT2D eigenvalue weighted by Crippen LogP contribution is -2.42. The maximum atomic E-state index is 12.8. The van der Waals surface area contributed by atoms with Gasteiger partial charge in [-0.15, -0.1) is 11.3 Å². The molecule has 1 aromatic carbocycles. The summed E-state index contributed by atoms with van der Waals surface area (Å²) in [6, 6.07) is 13.4. The van der Waals surface area contributed by atoms with Gasteiger partial charge in [-0.25, -0.2) is 13.2 Å². The van der Waals surface area contributed by atoms with Gasteiger partial charge >= 0.3 is 6.03 Å². The van der Waals surface area contributed by atoms with Crippen LogP contribution in [0, 0.1) is 0 Å². The number of benzene rings is 1. The van der Waals surface area contributed by atoms with Crippen LogP contribution in [0.4, 0.5) is 4.79 Å². The minimum absolute atomic E-state index is 0.180. The van der Waals surface area contributed by atoms with Crippen LogP contribution in [0.3, 0.4) is 0 Å². The molecule has 0 spiro atoms. The number of hydrogen-bond acceptors (Lipinski definition) is 6. The number of amides is 2. The Balaban J connectivity index is 1.52. The van der Waals surface area contributed by atoms with Gasteiger partial charge in [-0.3, -0.25) is 0 Å². The molecule has 0 aliphatic carbocycles. The lowest BCUT2D eigenvalue weighted by atomic mass is 10.1. The van der Waals surface area contributed by atoms with Gasteiger partial charge < -0.3 is 19.7 Å². The van der Waals surface area contributed by atoms with Crippen molar-refractivity contribution in [3.05, 3.63) is 52.9 Å². The fourth-order valence-corrected chi connectivity index (χ4v) is 6.27. The monoisotopic (exact) mass is 481 g/mol. The first-order valence-electron chi connectivity index (χ1n) is 10.7. The Morgan fingerprint density at radius 3 is 2.62 bits per heavy atom. The summed E-state index contributed by atoms with van der Waals surface area (Å²) in [7, 11) is -1.90. The van der Waals surface area contributed by atoms with Crippen LogP contribution in [0.5, 0.6) is 0 Å². The average molecular weight is 482 g/mol. The van der Waals surface area contributed by atoms with E-state index in [9.17, 15) is 13.2 Å². The maximum Gasteiger partial charge on any atom is 0.317 e. The van der Waals surface area contributed by atoms with Crippen LogP contribution < -0.4 is 5.32 Å². The lowest BCUT2D eigenvalue weighted by molar-refractivity contribution is 0.0731. The highest BCUT2D eigenvalue weighted by Crippen LogP contribution is 2.25. The highest BCUT2D eigenvalue weighted by molar-refractivity contribution is 7.91. The van der Waals surface area contributed by atoms with Gasteiger partial charge in [0.2, 0.25) is 0 Å². The maximum absolute atomic E-state index is 12.8. The highest BCUT2D eigenvalue weighted by atomic mass is 32.2. The summed E-state index contributed by atoms with van der Waals surface area (Å²) in [6.07, 6.45) is 1.74. The fourth-order valence-electron chi connectivity index (χ4n) is 3.42. The molecule has 0 radical (unpaired) electrons. The van der Waals surface area contributed by atoms with E-state index in [2.05, 4.69) is 17.4 Å². The molecule has 1 aliphatic rings. The zero-order valence-corrected chi connectivity index (χ0v) is 20.0. The molecule has 0 bridgehead atoms. The lowest BCUT2D eigenvalue weighted by Gasteiger charge is -2.25. The number of sulfonamides is 1. The number of morpholine rings is 1. The van der Waals surface area contributed by atoms with E-state index >= 15 is 0 Å². The zero-order valence-electron chi connectivity index (χ0n) is 18.4. The van der Waals surface area contributed by atoms with Crippen LogP contribution in [-0.4, -0.2) is 76.8 Å². The smallest absolute Gasteiger partial charge is 0.317 e. The molecule has 0 unspecified atom stereocenters. The molecule has 1 saturated heterocycles. The molecular weight excluding hydrogens is 450 g/mol. The first-order valence-corrected chi connectivity index (χ1v) is 13.0. The Morgan fingerprint density at radius 1 is 1.16 bits per heavy atom. The predicted octanol–water partition coefficient (Wildman–Crippen LogP) is 2.56. The number of aryl methyl sites for hydroxylation is 1. The summed E-state index contributed by atoms with van der Waals surface area (Å²) >= 11 is 1.19. The molecule has 2 heterocycles. The van der Waals surface area contributed by atoms with Gasteiger partial charge in [-0.1, -0.05) is 30.3 Å². The quantitative estimate of drug-likeness (QED) is 0.533. The number of rotatable bonds is 11. The number of urea groups is 1. The second-order valence-electron chi connectivity index (χ2n) is 7.46. The van der Waals surface area contributed by atoms with Crippen LogP contribution >= 0.6 is 11.3 Å². The Bertz CT molecular complexity index is 943. The number of hydrogen-bond donors (Lipinski definition) is 1. The second-order valence-corrected chi connectivity index (χ2v) is 10.8. The number of carbonyl (C=O) groups is 1. The topological polar surface area (TPSA) is 88.2 Å². The largest absolute Gasteiger partial charge is 0.383 e. The standard InChI is InChI=1S/C22H31N3O5S2/c1-29-15-12-24(11-5-8-19-6-3-2-4-7-19)22(26)23-18-20-9-10-21(31-20)32(27,28)25-13-16-30-17-14-25/h2-4,6-7,9-10H,5,8,11-18H2,1H3,(H,23,26). The molecule has 2 aromatic rings. The van der Waals surface area contributed by atoms with Crippen molar-refractivity contribution in [1.82, 2.24) is 14.5 Å². The van der Waals surface area contributed by atoms with Crippen molar-refractivity contribution in [2.24, 2.45) is 0 Å². The third kappa shape index (κ3) is 7.01. The number of nitrogens with zero attached hydrogens (tertiary/aromatic N) is 2. The van der Waals surface area contributed by atoms with Crippen LogP contribution in [0.1, 0.15) is 16.9 Å². The number of nitrogens with one attached hydrogen (secondary N) is 1. The van der Waals surface area contributed by atoms with E-state index in [1.807, 2.05) is 18.2 Å². The minimum Gasteiger partial charge on any atom is -0.383 e. The van der Waals surface area contributed by atoms with E-state index in [0.717, 1.165) is 17.7 Å². The number of carbonyl (C=O) groups excluding carboxylic acids is 1. The van der Waals surface area contributed by atoms with Gasteiger partial charge in [0.15, 0.2) is 0 Å². The summed E-state index contributed by atoms with van der Waals surface area (Å²) in [6.45, 7) is 3.41. The zero-order chi connectivity index (χ0) is 22.8. The Morgan fingerprint density at radius 2 is 1.91 bits per heavy atom. The first kappa shape index (κ1) is 24.7. The Labute approximate surface area is 194 Å². The van der Waals surface area contributed by atoms with E-state index in [-0.39, 0.29) is 12.6 Å². The molecule has 0 saturated carbocycles. The molecule has 1 aliphatic heterocycles. The summed E-state index contributed by atoms with van der Waals surface area (Å²) in [5.74, 6) is 0. The van der Waals surface area contributed by atoms with Crippen molar-refractivity contribution >= 4 is 27.4 Å². The van der Waals surface area contributed by atoms with Gasteiger partial charge in [0, 0.05) is 38.2 Å². The molecule has 2 amide bonds. The number of methoxy groups -OCH3 is 1. The van der Waals surface area contributed by atoms with Gasteiger partial charge in [0.05, 0.1) is 26.4 Å². The molecule has 8 nitrogen and oxygen atoms in total. The van der Waals surface area contributed by atoms with Gasteiger partial charge in [0.1, 0.15) is 4.21 Å². The molecule has 1 N–H and O–H groups in total. The molecule has 176 valence electrons. The normalized spacial score (nSPS) is 14.9. The molecule has 3 rings (SSSR count). The fraction of sp³-hybridized carbons (Fsp3) is 0.500. The van der Waals surface area contributed by atoms with E-state index in [1.54, 1.807) is 24.1 Å². The molecule has 32 heavy (non-hydrogen) atoms. The molecule has 1 aromatic heterocycles. The average Bonchev–Trinajstić information content (AvgIpc) is 3.31. The van der Waals surface area contributed by atoms with Gasteiger partial charge in [-0.05, 0) is 30.5 Å². The number of ether oxygens (including phenoxy) is 2. The van der Waals surface area contributed by atoms with Gasteiger partial charge in [0.25, 0.3) is 10.0 Å². The third-order valence-corrected chi connectivity index (χ3v) is 8.66. The van der Waals surface area contributed by atoms with E-state index in [4.69, 9.17) is 9.47 Å². The Hall–Kier alpha value is -1.98. The van der Waals surface area contributed by atoms with E-state index in [1.165, 1.54) is 21.2 Å². The minimum atomic E-state index is -3.51. The van der Waals surface area contributed by atoms with Crippen LogP contribution in [0.25, 0.3) is 0 Å². The first-order chi connectivity index (χ1) is 15.5. The second kappa shape index (κ2) is 12.3. The summed E-state index contributed by atoms with van der Waals surface area (Å²) in [5, 5.41) is 2.91. The van der Waals surface area contributed by atoms with Gasteiger partial charge in [-0.2, -0.15) is 4.31 Å². The van der Waals surface area contributed by atoms with E-state index < -0.39 is 10.0 Å². The van der Waals surface area contributed by atoms with Crippen LogP contribution in [0.2, 0.25) is 0 Å². The summed E-state index contributed by atoms with van der Waals surface area (Å²) in [5.41, 5.74) is 1.24. The SMILES string of the molecule is COCCN(CCCc1ccccc1)C(=O)NCc1ccc(S(=O)(=O)N2CCOCC2)s1. The van der Waals surface area contributed by atoms with Crippen LogP contribution in [0.15, 0.2) is 46.7 Å². The van der Waals surface area contributed by atoms with Crippen molar-refractivity contribution in [3.63, 3.8) is 0 Å². The van der Waals surface area contributed by atoms with Crippen molar-refractivity contribution in [1.29, 1.82) is 0 Å². The van der Waals surface area contributed by atoms with Crippen LogP contribution in [-0.2, 0) is 32.5 Å². The molecule has 0 atom stereocenters. The summed E-state index contributed by atoms with van der Waals surface area (Å²) < 4.78 is 37.7. The number of thiophene rings is 1.